The Morgan fingerprint density at radius 1 is 0.457 bits per heavy atom. The molecule has 276 valence electrons. The van der Waals surface area contributed by atoms with Gasteiger partial charge in [0.25, 0.3) is 0 Å². The third-order valence-electron chi connectivity index (χ3n) is 9.92. The first-order chi connectivity index (χ1) is 22.5. The van der Waals surface area contributed by atoms with Gasteiger partial charge in [0.2, 0.25) is 5.91 Å². The van der Waals surface area contributed by atoms with E-state index in [1.165, 1.54) is 173 Å². The number of hydrogen-bond donors (Lipinski definition) is 4. The maximum Gasteiger partial charge on any atom is 0.222 e. The van der Waals surface area contributed by atoms with Gasteiger partial charge in [0.1, 0.15) is 0 Å². The second-order valence-electron chi connectivity index (χ2n) is 14.6. The molecule has 0 aliphatic carbocycles. The number of aliphatic hydroxyl groups excluding tert-OH is 3. The van der Waals surface area contributed by atoms with Crippen LogP contribution in [0.15, 0.2) is 0 Å². The molecular formula is C41H83NO4. The SMILES string of the molecule is CCCCCCCCCCCCCCCCCCCCCCCC(O)CC(=O)NC(CO)C(O)CCCCCCCCCCCC. The highest BCUT2D eigenvalue weighted by Gasteiger charge is 2.21. The first kappa shape index (κ1) is 45.3. The zero-order valence-corrected chi connectivity index (χ0v) is 31.2. The Labute approximate surface area is 287 Å². The van der Waals surface area contributed by atoms with Crippen molar-refractivity contribution in [2.24, 2.45) is 0 Å². The standard InChI is InChI=1S/C41H83NO4/c1-3-5-7-9-11-13-15-16-17-18-19-20-21-22-23-24-25-26-28-30-32-34-38(44)36-41(46)42-39(37-43)40(45)35-33-31-29-27-14-12-10-8-6-4-2/h38-40,43-45H,3-37H2,1-2H3,(H,42,46). The van der Waals surface area contributed by atoms with E-state index in [9.17, 15) is 20.1 Å². The fraction of sp³-hybridized carbons (Fsp3) is 0.976. The van der Waals surface area contributed by atoms with Crippen LogP contribution in [0.4, 0.5) is 0 Å². The van der Waals surface area contributed by atoms with Crippen LogP contribution < -0.4 is 5.32 Å². The molecule has 0 saturated carbocycles. The molecule has 0 aliphatic rings. The van der Waals surface area contributed by atoms with E-state index in [4.69, 9.17) is 0 Å². The molecule has 0 bridgehead atoms. The van der Waals surface area contributed by atoms with Crippen LogP contribution in [0.3, 0.4) is 0 Å². The van der Waals surface area contributed by atoms with Crippen LogP contribution in [0.1, 0.15) is 232 Å². The van der Waals surface area contributed by atoms with Crippen molar-refractivity contribution in [3.05, 3.63) is 0 Å². The van der Waals surface area contributed by atoms with Gasteiger partial charge in [-0.1, -0.05) is 213 Å². The van der Waals surface area contributed by atoms with Crippen LogP contribution in [0.25, 0.3) is 0 Å². The molecule has 0 aromatic carbocycles. The summed E-state index contributed by atoms with van der Waals surface area (Å²) in [6, 6.07) is -0.650. The Bertz CT molecular complexity index is 601. The van der Waals surface area contributed by atoms with E-state index in [2.05, 4.69) is 19.2 Å². The maximum atomic E-state index is 12.4. The predicted molar refractivity (Wildman–Crippen MR) is 199 cm³/mol. The molecule has 3 atom stereocenters. The molecule has 0 rings (SSSR count). The van der Waals surface area contributed by atoms with Crippen LogP contribution in [0.5, 0.6) is 0 Å². The van der Waals surface area contributed by atoms with E-state index in [1.54, 1.807) is 0 Å². The molecule has 0 fully saturated rings. The lowest BCUT2D eigenvalue weighted by molar-refractivity contribution is -0.125. The van der Waals surface area contributed by atoms with Crippen molar-refractivity contribution >= 4 is 5.91 Å². The summed E-state index contributed by atoms with van der Waals surface area (Å²) in [4.78, 5) is 12.4. The van der Waals surface area contributed by atoms with E-state index >= 15 is 0 Å². The minimum Gasteiger partial charge on any atom is -0.394 e. The molecule has 0 spiro atoms. The van der Waals surface area contributed by atoms with Gasteiger partial charge in [-0.15, -0.1) is 0 Å². The van der Waals surface area contributed by atoms with E-state index in [0.29, 0.717) is 12.8 Å². The van der Waals surface area contributed by atoms with Crippen molar-refractivity contribution < 1.29 is 20.1 Å². The number of unbranched alkanes of at least 4 members (excludes halogenated alkanes) is 29. The minimum atomic E-state index is -0.741. The molecule has 4 N–H and O–H groups in total. The average Bonchev–Trinajstić information content (AvgIpc) is 3.05. The molecule has 5 nitrogen and oxygen atoms in total. The number of rotatable bonds is 38. The first-order valence-corrected chi connectivity index (χ1v) is 20.8. The van der Waals surface area contributed by atoms with Crippen molar-refractivity contribution in [2.45, 2.75) is 250 Å². The zero-order valence-electron chi connectivity index (χ0n) is 31.2. The number of nitrogens with one attached hydrogen (secondary N) is 1. The highest BCUT2D eigenvalue weighted by molar-refractivity contribution is 5.76. The lowest BCUT2D eigenvalue weighted by atomic mass is 10.0. The summed E-state index contributed by atoms with van der Waals surface area (Å²) >= 11 is 0. The number of amides is 1. The fourth-order valence-electron chi connectivity index (χ4n) is 6.70. The molecule has 0 aromatic rings. The second-order valence-corrected chi connectivity index (χ2v) is 14.6. The summed E-state index contributed by atoms with van der Waals surface area (Å²) < 4.78 is 0. The highest BCUT2D eigenvalue weighted by atomic mass is 16.3. The summed E-state index contributed by atoms with van der Waals surface area (Å²) in [7, 11) is 0. The third kappa shape index (κ3) is 33.3. The molecule has 0 saturated heterocycles. The lowest BCUT2D eigenvalue weighted by Gasteiger charge is -2.23. The Kier molecular flexibility index (Phi) is 36.6. The van der Waals surface area contributed by atoms with Gasteiger partial charge in [-0.25, -0.2) is 0 Å². The Morgan fingerprint density at radius 2 is 0.739 bits per heavy atom. The van der Waals surface area contributed by atoms with Crippen LogP contribution in [0, 0.1) is 0 Å². The van der Waals surface area contributed by atoms with Crippen molar-refractivity contribution in [3.63, 3.8) is 0 Å². The highest BCUT2D eigenvalue weighted by Crippen LogP contribution is 2.17. The predicted octanol–water partition coefficient (Wildman–Crippen LogP) is 11.5. The van der Waals surface area contributed by atoms with E-state index in [-0.39, 0.29) is 18.9 Å². The van der Waals surface area contributed by atoms with Crippen LogP contribution in [-0.2, 0) is 4.79 Å². The normalized spacial score (nSPS) is 13.6. The van der Waals surface area contributed by atoms with Gasteiger partial charge >= 0.3 is 0 Å². The van der Waals surface area contributed by atoms with E-state index in [0.717, 1.165) is 25.7 Å². The fourth-order valence-corrected chi connectivity index (χ4v) is 6.70. The van der Waals surface area contributed by atoms with E-state index < -0.39 is 18.2 Å². The molecule has 46 heavy (non-hydrogen) atoms. The zero-order chi connectivity index (χ0) is 33.8. The van der Waals surface area contributed by atoms with Crippen molar-refractivity contribution in [2.75, 3.05) is 6.61 Å². The summed E-state index contributed by atoms with van der Waals surface area (Å²) in [6.07, 6.45) is 40.7. The molecule has 0 aromatic heterocycles. The number of hydrogen-bond acceptors (Lipinski definition) is 4. The lowest BCUT2D eigenvalue weighted by Crippen LogP contribution is -2.46. The molecule has 0 heterocycles. The van der Waals surface area contributed by atoms with Gasteiger partial charge in [-0.3, -0.25) is 4.79 Å². The molecule has 3 unspecified atom stereocenters. The summed E-state index contributed by atoms with van der Waals surface area (Å²) in [5, 5.41) is 33.2. The Balaban J connectivity index is 3.54. The van der Waals surface area contributed by atoms with Gasteiger partial charge in [0, 0.05) is 0 Å². The van der Waals surface area contributed by atoms with Crippen LogP contribution >= 0.6 is 0 Å². The van der Waals surface area contributed by atoms with Crippen LogP contribution in [0.2, 0.25) is 0 Å². The maximum absolute atomic E-state index is 12.4. The quantitative estimate of drug-likeness (QED) is 0.0499. The first-order valence-electron chi connectivity index (χ1n) is 20.8. The molecule has 5 heteroatoms. The molecule has 1 amide bonds. The smallest absolute Gasteiger partial charge is 0.222 e. The molecular weight excluding hydrogens is 570 g/mol. The largest absolute Gasteiger partial charge is 0.394 e. The van der Waals surface area contributed by atoms with Gasteiger partial charge in [0.05, 0.1) is 31.3 Å². The monoisotopic (exact) mass is 654 g/mol. The summed E-state index contributed by atoms with van der Waals surface area (Å²) in [5.74, 6) is -0.280. The van der Waals surface area contributed by atoms with Gasteiger partial charge in [0.15, 0.2) is 0 Å². The third-order valence-corrected chi connectivity index (χ3v) is 9.92. The van der Waals surface area contributed by atoms with Gasteiger partial charge < -0.3 is 20.6 Å². The van der Waals surface area contributed by atoms with Crippen molar-refractivity contribution in [1.29, 1.82) is 0 Å². The van der Waals surface area contributed by atoms with Crippen molar-refractivity contribution in [3.8, 4) is 0 Å². The Morgan fingerprint density at radius 3 is 1.04 bits per heavy atom. The summed E-state index contributed by atoms with van der Waals surface area (Å²) in [5.41, 5.74) is 0. The number of aliphatic hydroxyl groups is 3. The summed E-state index contributed by atoms with van der Waals surface area (Å²) in [6.45, 7) is 4.26. The molecule has 0 aliphatic heterocycles. The molecule has 0 radical (unpaired) electrons. The van der Waals surface area contributed by atoms with E-state index in [1.807, 2.05) is 0 Å². The number of carbonyl (C=O) groups is 1. The topological polar surface area (TPSA) is 89.8 Å². The Hall–Kier alpha value is -0.650. The minimum absolute atomic E-state index is 0.0423. The van der Waals surface area contributed by atoms with Crippen LogP contribution in [-0.4, -0.2) is 46.1 Å². The average molecular weight is 654 g/mol. The van der Waals surface area contributed by atoms with Gasteiger partial charge in [-0.2, -0.15) is 0 Å². The number of carbonyl (C=O) groups excluding carboxylic acids is 1. The van der Waals surface area contributed by atoms with Crippen molar-refractivity contribution in [1.82, 2.24) is 5.32 Å². The second kappa shape index (κ2) is 37.2. The van der Waals surface area contributed by atoms with Gasteiger partial charge in [-0.05, 0) is 12.8 Å².